The lowest BCUT2D eigenvalue weighted by atomic mass is 10.3. The Morgan fingerprint density at radius 2 is 2.38 bits per heavy atom. The third kappa shape index (κ3) is 3.22. The van der Waals surface area contributed by atoms with Gasteiger partial charge in [-0.2, -0.15) is 11.8 Å². The van der Waals surface area contributed by atoms with Gasteiger partial charge in [-0.1, -0.05) is 12.1 Å². The fraction of sp³-hybridized carbons (Fsp3) is 0.467. The standard InChI is InChI=1S/C15H20N4OS/c1-11-18-12-4-2-3-5-14(12)19(11)8-6-17-15(20)13-10-21-9-7-16-13/h2-5,13,16H,6-10H2,1H3,(H,17,20). The Morgan fingerprint density at radius 1 is 1.52 bits per heavy atom. The first-order valence-electron chi connectivity index (χ1n) is 7.26. The lowest BCUT2D eigenvalue weighted by molar-refractivity contribution is -0.122. The number of benzene rings is 1. The summed E-state index contributed by atoms with van der Waals surface area (Å²) in [6, 6.07) is 8.04. The average Bonchev–Trinajstić information content (AvgIpc) is 2.84. The number of amides is 1. The maximum absolute atomic E-state index is 12.1. The fourth-order valence-electron chi connectivity index (χ4n) is 2.63. The fourth-order valence-corrected chi connectivity index (χ4v) is 3.56. The van der Waals surface area contributed by atoms with Crippen LogP contribution in [0, 0.1) is 6.92 Å². The van der Waals surface area contributed by atoms with Crippen molar-refractivity contribution in [2.75, 3.05) is 24.6 Å². The summed E-state index contributed by atoms with van der Waals surface area (Å²) < 4.78 is 2.15. The van der Waals surface area contributed by atoms with Gasteiger partial charge in [-0.25, -0.2) is 4.98 Å². The summed E-state index contributed by atoms with van der Waals surface area (Å²) >= 11 is 1.83. The highest BCUT2D eigenvalue weighted by molar-refractivity contribution is 7.99. The Labute approximate surface area is 128 Å². The van der Waals surface area contributed by atoms with Crippen molar-refractivity contribution in [2.45, 2.75) is 19.5 Å². The summed E-state index contributed by atoms with van der Waals surface area (Å²) in [6.45, 7) is 4.29. The number of hydrogen-bond donors (Lipinski definition) is 2. The molecule has 0 bridgehead atoms. The lowest BCUT2D eigenvalue weighted by Gasteiger charge is -2.22. The second kappa shape index (κ2) is 6.49. The first kappa shape index (κ1) is 14.4. The van der Waals surface area contributed by atoms with Gasteiger partial charge in [-0.15, -0.1) is 0 Å². The van der Waals surface area contributed by atoms with Gasteiger partial charge in [-0.05, 0) is 19.1 Å². The molecular formula is C15H20N4OS. The normalized spacial score (nSPS) is 18.8. The summed E-state index contributed by atoms with van der Waals surface area (Å²) in [5, 5.41) is 6.27. The van der Waals surface area contributed by atoms with Gasteiger partial charge < -0.3 is 15.2 Å². The molecule has 1 fully saturated rings. The molecule has 1 aliphatic heterocycles. The van der Waals surface area contributed by atoms with Crippen molar-refractivity contribution in [1.29, 1.82) is 0 Å². The Hall–Kier alpha value is -1.53. The average molecular weight is 304 g/mol. The molecule has 1 aliphatic rings. The van der Waals surface area contributed by atoms with Crippen LogP contribution in [0.5, 0.6) is 0 Å². The van der Waals surface area contributed by atoms with E-state index in [1.807, 2.05) is 36.9 Å². The van der Waals surface area contributed by atoms with Crippen molar-refractivity contribution < 1.29 is 4.79 Å². The molecule has 21 heavy (non-hydrogen) atoms. The maximum Gasteiger partial charge on any atom is 0.238 e. The Bertz CT molecular complexity index is 634. The Kier molecular flexibility index (Phi) is 4.45. The van der Waals surface area contributed by atoms with Crippen LogP contribution in [-0.2, 0) is 11.3 Å². The van der Waals surface area contributed by atoms with E-state index >= 15 is 0 Å². The molecule has 1 saturated heterocycles. The summed E-state index contributed by atoms with van der Waals surface area (Å²) in [6.07, 6.45) is 0. The second-order valence-corrected chi connectivity index (χ2v) is 6.32. The SMILES string of the molecule is Cc1nc2ccccc2n1CCNC(=O)C1CSCCN1. The number of aromatic nitrogens is 2. The molecule has 0 aliphatic carbocycles. The molecule has 6 heteroatoms. The number of imidazole rings is 1. The molecule has 1 aromatic heterocycles. The van der Waals surface area contributed by atoms with Crippen LogP contribution >= 0.6 is 11.8 Å². The smallest absolute Gasteiger partial charge is 0.238 e. The number of nitrogens with zero attached hydrogens (tertiary/aromatic N) is 2. The minimum absolute atomic E-state index is 0.0515. The van der Waals surface area contributed by atoms with Gasteiger partial charge in [0.25, 0.3) is 0 Å². The molecule has 112 valence electrons. The third-order valence-corrected chi connectivity index (χ3v) is 4.78. The molecule has 1 aromatic carbocycles. The zero-order valence-electron chi connectivity index (χ0n) is 12.1. The van der Waals surface area contributed by atoms with E-state index in [1.54, 1.807) is 0 Å². The Morgan fingerprint density at radius 3 is 3.19 bits per heavy atom. The van der Waals surface area contributed by atoms with Gasteiger partial charge in [0.15, 0.2) is 0 Å². The van der Waals surface area contributed by atoms with Crippen LogP contribution < -0.4 is 10.6 Å². The monoisotopic (exact) mass is 304 g/mol. The van der Waals surface area contributed by atoms with E-state index in [0.29, 0.717) is 6.54 Å². The number of nitrogens with one attached hydrogen (secondary N) is 2. The number of rotatable bonds is 4. The lowest BCUT2D eigenvalue weighted by Crippen LogP contribution is -2.49. The van der Waals surface area contributed by atoms with Crippen molar-refractivity contribution in [3.8, 4) is 0 Å². The second-order valence-electron chi connectivity index (χ2n) is 5.17. The van der Waals surface area contributed by atoms with E-state index in [9.17, 15) is 4.79 Å². The molecular weight excluding hydrogens is 284 g/mol. The molecule has 1 atom stereocenters. The van der Waals surface area contributed by atoms with Crippen LogP contribution in [0.15, 0.2) is 24.3 Å². The number of para-hydroxylation sites is 2. The zero-order valence-corrected chi connectivity index (χ0v) is 12.9. The van der Waals surface area contributed by atoms with Gasteiger partial charge >= 0.3 is 0 Å². The first-order chi connectivity index (χ1) is 10.3. The van der Waals surface area contributed by atoms with Gasteiger partial charge in [0.1, 0.15) is 5.82 Å². The predicted octanol–water partition coefficient (Wildman–Crippen LogP) is 1.17. The van der Waals surface area contributed by atoms with Gasteiger partial charge in [0.2, 0.25) is 5.91 Å². The number of fused-ring (bicyclic) bond motifs is 1. The van der Waals surface area contributed by atoms with Crippen LogP contribution in [-0.4, -0.2) is 46.1 Å². The molecule has 2 N–H and O–H groups in total. The largest absolute Gasteiger partial charge is 0.353 e. The number of aryl methyl sites for hydroxylation is 1. The molecule has 0 spiro atoms. The maximum atomic E-state index is 12.1. The summed E-state index contributed by atoms with van der Waals surface area (Å²) in [7, 11) is 0. The van der Waals surface area contributed by atoms with E-state index in [-0.39, 0.29) is 11.9 Å². The summed E-state index contributed by atoms with van der Waals surface area (Å²) in [5.74, 6) is 3.03. The summed E-state index contributed by atoms with van der Waals surface area (Å²) in [4.78, 5) is 16.6. The van der Waals surface area contributed by atoms with E-state index in [4.69, 9.17) is 0 Å². The minimum atomic E-state index is -0.0515. The molecule has 0 saturated carbocycles. The van der Waals surface area contributed by atoms with Crippen molar-refractivity contribution in [2.24, 2.45) is 0 Å². The predicted molar refractivity (Wildman–Crippen MR) is 86.6 cm³/mol. The van der Waals surface area contributed by atoms with Crippen molar-refractivity contribution in [3.63, 3.8) is 0 Å². The van der Waals surface area contributed by atoms with E-state index in [0.717, 1.165) is 41.5 Å². The molecule has 1 unspecified atom stereocenters. The van der Waals surface area contributed by atoms with Crippen molar-refractivity contribution in [3.05, 3.63) is 30.1 Å². The molecule has 2 heterocycles. The number of thioether (sulfide) groups is 1. The summed E-state index contributed by atoms with van der Waals surface area (Å²) in [5.41, 5.74) is 2.13. The van der Waals surface area contributed by atoms with E-state index in [1.165, 1.54) is 0 Å². The van der Waals surface area contributed by atoms with Crippen molar-refractivity contribution >= 4 is 28.7 Å². The van der Waals surface area contributed by atoms with Gasteiger partial charge in [-0.3, -0.25) is 4.79 Å². The Balaban J connectivity index is 1.59. The quantitative estimate of drug-likeness (QED) is 0.890. The molecule has 2 aromatic rings. The third-order valence-electron chi connectivity index (χ3n) is 3.72. The zero-order chi connectivity index (χ0) is 14.7. The number of carbonyl (C=O) groups excluding carboxylic acids is 1. The molecule has 1 amide bonds. The van der Waals surface area contributed by atoms with Crippen LogP contribution in [0.3, 0.4) is 0 Å². The molecule has 5 nitrogen and oxygen atoms in total. The van der Waals surface area contributed by atoms with Crippen LogP contribution in [0.2, 0.25) is 0 Å². The van der Waals surface area contributed by atoms with Crippen molar-refractivity contribution in [1.82, 2.24) is 20.2 Å². The topological polar surface area (TPSA) is 59.0 Å². The molecule has 0 radical (unpaired) electrons. The highest BCUT2D eigenvalue weighted by Crippen LogP contribution is 2.14. The van der Waals surface area contributed by atoms with E-state index < -0.39 is 0 Å². The molecule has 3 rings (SSSR count). The highest BCUT2D eigenvalue weighted by Gasteiger charge is 2.20. The number of carbonyl (C=O) groups is 1. The van der Waals surface area contributed by atoms with Crippen LogP contribution in [0.1, 0.15) is 5.82 Å². The number of hydrogen-bond acceptors (Lipinski definition) is 4. The minimum Gasteiger partial charge on any atom is -0.353 e. The van der Waals surface area contributed by atoms with E-state index in [2.05, 4.69) is 26.3 Å². The van der Waals surface area contributed by atoms with Gasteiger partial charge in [0, 0.05) is 31.1 Å². The van der Waals surface area contributed by atoms with Crippen LogP contribution in [0.4, 0.5) is 0 Å². The first-order valence-corrected chi connectivity index (χ1v) is 8.42. The van der Waals surface area contributed by atoms with Crippen LogP contribution in [0.25, 0.3) is 11.0 Å². The highest BCUT2D eigenvalue weighted by atomic mass is 32.2. The van der Waals surface area contributed by atoms with Gasteiger partial charge in [0.05, 0.1) is 17.1 Å².